The number of esters is 2. The zero-order valence-electron chi connectivity index (χ0n) is 22.0. The monoisotopic (exact) mass is 484 g/mol. The summed E-state index contributed by atoms with van der Waals surface area (Å²) < 4.78 is 11.4. The third-order valence-electron chi connectivity index (χ3n) is 6.83. The molecule has 0 heterocycles. The molecule has 0 bridgehead atoms. The van der Waals surface area contributed by atoms with Crippen LogP contribution in [0.25, 0.3) is 0 Å². The maximum absolute atomic E-state index is 12.1. The van der Waals surface area contributed by atoms with E-state index in [9.17, 15) is 19.5 Å². The van der Waals surface area contributed by atoms with Crippen LogP contribution in [0.2, 0.25) is 0 Å². The minimum atomic E-state index is -0.983. The minimum absolute atomic E-state index is 0.0883. The molecule has 6 nitrogen and oxygen atoms in total. The van der Waals surface area contributed by atoms with Gasteiger partial charge in [-0.25, -0.2) is 4.79 Å². The van der Waals surface area contributed by atoms with Crippen LogP contribution in [0.4, 0.5) is 0 Å². The molecule has 0 aliphatic heterocycles. The molecule has 1 aliphatic rings. The number of ether oxygens (including phenoxy) is 2. The summed E-state index contributed by atoms with van der Waals surface area (Å²) in [7, 11) is 0. The Kier molecular flexibility index (Phi) is 9.87. The van der Waals surface area contributed by atoms with E-state index >= 15 is 0 Å². The Labute approximate surface area is 209 Å². The lowest BCUT2D eigenvalue weighted by molar-refractivity contribution is -0.134. The van der Waals surface area contributed by atoms with Crippen LogP contribution in [0.1, 0.15) is 104 Å². The summed E-state index contributed by atoms with van der Waals surface area (Å²) in [5.41, 5.74) is 2.33. The van der Waals surface area contributed by atoms with E-state index in [1.54, 1.807) is 6.08 Å². The molecule has 1 unspecified atom stereocenters. The second-order valence-corrected chi connectivity index (χ2v) is 10.3. The summed E-state index contributed by atoms with van der Waals surface area (Å²) in [6.45, 7) is 15.1. The molecule has 0 fully saturated rings. The quantitative estimate of drug-likeness (QED) is 0.160. The first-order valence-electron chi connectivity index (χ1n) is 12.5. The molecule has 1 aromatic rings. The van der Waals surface area contributed by atoms with Crippen LogP contribution in [0, 0.1) is 5.92 Å². The van der Waals surface area contributed by atoms with E-state index in [1.807, 2.05) is 19.1 Å². The normalized spacial score (nSPS) is 17.9. The van der Waals surface area contributed by atoms with Gasteiger partial charge < -0.3 is 14.6 Å². The number of carboxylic acids is 1. The van der Waals surface area contributed by atoms with Crippen LogP contribution in [-0.2, 0) is 19.8 Å². The fraction of sp³-hybridized carbons (Fsp3) is 0.552. The Morgan fingerprint density at radius 1 is 1.03 bits per heavy atom. The summed E-state index contributed by atoms with van der Waals surface area (Å²) in [5.74, 6) is -1.93. The molecule has 1 N–H and O–H groups in total. The highest BCUT2D eigenvalue weighted by Gasteiger charge is 2.35. The third-order valence-corrected chi connectivity index (χ3v) is 6.83. The standard InChI is InChI=1S/C29H40O6/c1-8-9-10-11-14-29(6,7)22-16-25(34-19(4)30)27(26(17-22)35-20(5)31)24-15-21(28(32)33)12-13-23(24)18(2)3/h15-17,23-24H,2,8-14H2,1,3-7H3,(H,32,33)/t23-,24?/m0/s1. The van der Waals surface area contributed by atoms with Crippen molar-refractivity contribution in [3.8, 4) is 11.5 Å². The molecular weight excluding hydrogens is 444 g/mol. The smallest absolute Gasteiger partial charge is 0.331 e. The maximum atomic E-state index is 12.1. The predicted molar refractivity (Wildman–Crippen MR) is 137 cm³/mol. The van der Waals surface area contributed by atoms with Gasteiger partial charge in [-0.3, -0.25) is 9.59 Å². The molecule has 0 spiro atoms. The van der Waals surface area contributed by atoms with Gasteiger partial charge in [0.2, 0.25) is 0 Å². The molecule has 0 radical (unpaired) electrons. The van der Waals surface area contributed by atoms with Gasteiger partial charge in [0.15, 0.2) is 0 Å². The topological polar surface area (TPSA) is 89.9 Å². The summed E-state index contributed by atoms with van der Waals surface area (Å²) in [4.78, 5) is 36.0. The zero-order valence-corrected chi connectivity index (χ0v) is 22.0. The number of hydrogen-bond acceptors (Lipinski definition) is 5. The highest BCUT2D eigenvalue weighted by Crippen LogP contribution is 2.49. The van der Waals surface area contributed by atoms with Crippen molar-refractivity contribution in [3.63, 3.8) is 0 Å². The Balaban J connectivity index is 2.73. The summed E-state index contributed by atoms with van der Waals surface area (Å²) >= 11 is 0. The molecule has 6 heteroatoms. The van der Waals surface area contributed by atoms with Crippen molar-refractivity contribution in [2.45, 2.75) is 97.8 Å². The van der Waals surface area contributed by atoms with Crippen molar-refractivity contribution in [2.75, 3.05) is 0 Å². The molecule has 35 heavy (non-hydrogen) atoms. The highest BCUT2D eigenvalue weighted by atomic mass is 16.5. The first-order valence-corrected chi connectivity index (χ1v) is 12.5. The van der Waals surface area contributed by atoms with Gasteiger partial charge >= 0.3 is 17.9 Å². The largest absolute Gasteiger partial charge is 0.478 e. The van der Waals surface area contributed by atoms with Crippen molar-refractivity contribution in [2.24, 2.45) is 5.92 Å². The molecule has 1 aromatic carbocycles. The van der Waals surface area contributed by atoms with Crippen LogP contribution in [-0.4, -0.2) is 23.0 Å². The number of unbranched alkanes of at least 4 members (excludes halogenated alkanes) is 3. The van der Waals surface area contributed by atoms with Gasteiger partial charge in [-0.05, 0) is 55.2 Å². The van der Waals surface area contributed by atoms with Gasteiger partial charge in [0.05, 0.1) is 0 Å². The van der Waals surface area contributed by atoms with E-state index in [0.29, 0.717) is 29.9 Å². The van der Waals surface area contributed by atoms with Crippen LogP contribution in [0.15, 0.2) is 35.9 Å². The number of carbonyl (C=O) groups excluding carboxylic acids is 2. The Morgan fingerprint density at radius 2 is 1.60 bits per heavy atom. The van der Waals surface area contributed by atoms with Crippen molar-refractivity contribution in [3.05, 3.63) is 47.1 Å². The van der Waals surface area contributed by atoms with Crippen LogP contribution in [0.3, 0.4) is 0 Å². The molecule has 0 saturated heterocycles. The third kappa shape index (κ3) is 7.55. The number of hydrogen-bond donors (Lipinski definition) is 1. The molecule has 0 aromatic heterocycles. The van der Waals surface area contributed by atoms with E-state index in [2.05, 4.69) is 27.4 Å². The maximum Gasteiger partial charge on any atom is 0.331 e. The molecule has 2 rings (SSSR count). The van der Waals surface area contributed by atoms with Gasteiger partial charge in [0, 0.05) is 30.9 Å². The number of aliphatic carboxylic acids is 1. The molecule has 192 valence electrons. The highest BCUT2D eigenvalue weighted by molar-refractivity contribution is 5.87. The van der Waals surface area contributed by atoms with Crippen LogP contribution in [0.5, 0.6) is 11.5 Å². The summed E-state index contributed by atoms with van der Waals surface area (Å²) in [5, 5.41) is 9.67. The molecule has 1 aliphatic carbocycles. The van der Waals surface area contributed by atoms with Gasteiger partial charge in [-0.15, -0.1) is 0 Å². The Hall–Kier alpha value is -2.89. The van der Waals surface area contributed by atoms with Crippen molar-refractivity contribution < 1.29 is 29.0 Å². The number of rotatable bonds is 11. The molecular formula is C29H40O6. The van der Waals surface area contributed by atoms with Crippen LogP contribution >= 0.6 is 0 Å². The number of benzene rings is 1. The van der Waals surface area contributed by atoms with E-state index < -0.39 is 23.8 Å². The SMILES string of the molecule is C=C(C)[C@@H]1CCC(C(=O)O)=CC1c1c(OC(C)=O)cc(C(C)(C)CCCCCC)cc1OC(C)=O. The predicted octanol–water partition coefficient (Wildman–Crippen LogP) is 6.87. The van der Waals surface area contributed by atoms with Gasteiger partial charge in [0.1, 0.15) is 11.5 Å². The molecule has 0 amide bonds. The van der Waals surface area contributed by atoms with E-state index in [-0.39, 0.29) is 16.9 Å². The fourth-order valence-corrected chi connectivity index (χ4v) is 4.86. The molecule has 2 atom stereocenters. The average molecular weight is 485 g/mol. The van der Waals surface area contributed by atoms with Crippen LogP contribution < -0.4 is 9.47 Å². The lowest BCUT2D eigenvalue weighted by atomic mass is 9.72. The second-order valence-electron chi connectivity index (χ2n) is 10.3. The van der Waals surface area contributed by atoms with Crippen molar-refractivity contribution in [1.82, 2.24) is 0 Å². The summed E-state index contributed by atoms with van der Waals surface area (Å²) in [6.07, 6.45) is 8.13. The fourth-order valence-electron chi connectivity index (χ4n) is 4.86. The zero-order chi connectivity index (χ0) is 26.3. The Bertz CT molecular complexity index is 963. The van der Waals surface area contributed by atoms with Gasteiger partial charge in [-0.1, -0.05) is 64.7 Å². The second kappa shape index (κ2) is 12.2. The lowest BCUT2D eigenvalue weighted by Crippen LogP contribution is -2.23. The number of carbonyl (C=O) groups is 3. The first kappa shape index (κ1) is 28.3. The van der Waals surface area contributed by atoms with E-state index in [0.717, 1.165) is 36.8 Å². The van der Waals surface area contributed by atoms with Gasteiger partial charge in [0.25, 0.3) is 0 Å². The number of carboxylic acid groups (broad SMARTS) is 1. The number of allylic oxidation sites excluding steroid dienone is 2. The van der Waals surface area contributed by atoms with E-state index in [1.165, 1.54) is 20.3 Å². The molecule has 0 saturated carbocycles. The lowest BCUT2D eigenvalue weighted by Gasteiger charge is -2.33. The minimum Gasteiger partial charge on any atom is -0.478 e. The first-order chi connectivity index (χ1) is 16.4. The summed E-state index contributed by atoms with van der Waals surface area (Å²) in [6, 6.07) is 3.70. The van der Waals surface area contributed by atoms with Gasteiger partial charge in [-0.2, -0.15) is 0 Å². The van der Waals surface area contributed by atoms with E-state index in [4.69, 9.17) is 9.47 Å². The average Bonchev–Trinajstić information content (AvgIpc) is 2.75. The van der Waals surface area contributed by atoms with Crippen molar-refractivity contribution >= 4 is 17.9 Å². The Morgan fingerprint density at radius 3 is 2.06 bits per heavy atom. The van der Waals surface area contributed by atoms with Crippen molar-refractivity contribution in [1.29, 1.82) is 0 Å².